The first kappa shape index (κ1) is 12.7. The van der Waals surface area contributed by atoms with Crippen LogP contribution in [0.15, 0.2) is 23.0 Å². The van der Waals surface area contributed by atoms with Crippen molar-refractivity contribution in [3.63, 3.8) is 0 Å². The van der Waals surface area contributed by atoms with Gasteiger partial charge in [0.2, 0.25) is 5.82 Å². The summed E-state index contributed by atoms with van der Waals surface area (Å²) in [6.45, 7) is 3.94. The highest BCUT2D eigenvalue weighted by molar-refractivity contribution is 7.18. The van der Waals surface area contributed by atoms with Crippen LogP contribution in [0.25, 0.3) is 22.2 Å². The summed E-state index contributed by atoms with van der Waals surface area (Å²) in [5, 5.41) is 4.54. The number of pyridine rings is 1. The molecule has 3 aromatic heterocycles. The van der Waals surface area contributed by atoms with E-state index in [0.717, 1.165) is 28.1 Å². The molecule has 0 aliphatic heterocycles. The molecule has 0 aromatic carbocycles. The van der Waals surface area contributed by atoms with Gasteiger partial charge in [0.05, 0.1) is 5.69 Å². The third-order valence-corrected chi connectivity index (χ3v) is 3.93. The Morgan fingerprint density at radius 3 is 2.90 bits per heavy atom. The average Bonchev–Trinajstić information content (AvgIpc) is 3.05. The summed E-state index contributed by atoms with van der Waals surface area (Å²) in [5.41, 5.74) is 8.51. The predicted octanol–water partition coefficient (Wildman–Crippen LogP) is 2.71. The second-order valence-corrected chi connectivity index (χ2v) is 5.31. The highest BCUT2D eigenvalue weighted by Crippen LogP contribution is 2.31. The van der Waals surface area contributed by atoms with Crippen molar-refractivity contribution in [1.82, 2.24) is 20.1 Å². The summed E-state index contributed by atoms with van der Waals surface area (Å²) in [5.74, 6) is 1.01. The van der Waals surface area contributed by atoms with Gasteiger partial charge in [0.25, 0.3) is 5.89 Å². The Balaban J connectivity index is 2.04. The number of hydrogen-bond acceptors (Lipinski definition) is 7. The number of anilines is 1. The first-order valence-electron chi connectivity index (χ1n) is 6.19. The van der Waals surface area contributed by atoms with E-state index in [1.54, 1.807) is 6.20 Å². The second kappa shape index (κ2) is 5.01. The molecule has 0 amide bonds. The van der Waals surface area contributed by atoms with Crippen molar-refractivity contribution in [3.8, 4) is 22.2 Å². The molecule has 0 saturated heterocycles. The summed E-state index contributed by atoms with van der Waals surface area (Å²) in [4.78, 5) is 13.5. The number of nitrogens with two attached hydrogens (primary N) is 1. The van der Waals surface area contributed by atoms with Gasteiger partial charge < -0.3 is 10.3 Å². The Bertz CT molecular complexity index is 749. The van der Waals surface area contributed by atoms with Crippen LogP contribution in [-0.4, -0.2) is 20.1 Å². The van der Waals surface area contributed by atoms with Gasteiger partial charge in [0.15, 0.2) is 5.13 Å². The fraction of sp³-hybridized carbons (Fsp3) is 0.231. The summed E-state index contributed by atoms with van der Waals surface area (Å²) in [6.07, 6.45) is 4.40. The van der Waals surface area contributed by atoms with Crippen molar-refractivity contribution >= 4 is 16.5 Å². The number of aryl methyl sites for hydroxylation is 2. The smallest absolute Gasteiger partial charge is 0.270 e. The molecule has 0 unspecified atom stereocenters. The molecule has 0 aliphatic carbocycles. The monoisotopic (exact) mass is 287 g/mol. The first-order chi connectivity index (χ1) is 9.69. The van der Waals surface area contributed by atoms with Gasteiger partial charge in [-0.25, -0.2) is 4.98 Å². The van der Waals surface area contributed by atoms with E-state index in [1.165, 1.54) is 11.3 Å². The maximum absolute atomic E-state index is 5.69. The van der Waals surface area contributed by atoms with Crippen LogP contribution in [0.3, 0.4) is 0 Å². The normalized spacial score (nSPS) is 10.9. The molecule has 2 N–H and O–H groups in total. The lowest BCUT2D eigenvalue weighted by Crippen LogP contribution is -1.90. The third kappa shape index (κ3) is 2.16. The summed E-state index contributed by atoms with van der Waals surface area (Å²) in [7, 11) is 0. The zero-order chi connectivity index (χ0) is 14.1. The number of hydrogen-bond donors (Lipinski definition) is 1. The lowest BCUT2D eigenvalue weighted by molar-refractivity contribution is 0.433. The van der Waals surface area contributed by atoms with E-state index < -0.39 is 0 Å². The zero-order valence-corrected chi connectivity index (χ0v) is 11.9. The van der Waals surface area contributed by atoms with Gasteiger partial charge in [0.1, 0.15) is 4.88 Å². The molecule has 0 atom stereocenters. The van der Waals surface area contributed by atoms with E-state index >= 15 is 0 Å². The van der Waals surface area contributed by atoms with E-state index in [2.05, 4.69) is 27.0 Å². The maximum atomic E-state index is 5.69. The Morgan fingerprint density at radius 2 is 2.20 bits per heavy atom. The molecule has 0 saturated carbocycles. The van der Waals surface area contributed by atoms with Gasteiger partial charge in [-0.1, -0.05) is 23.4 Å². The number of nitrogens with zero attached hydrogens (tertiary/aromatic N) is 4. The molecule has 3 heterocycles. The quantitative estimate of drug-likeness (QED) is 0.796. The van der Waals surface area contributed by atoms with Crippen LogP contribution < -0.4 is 5.73 Å². The highest BCUT2D eigenvalue weighted by Gasteiger charge is 2.17. The predicted molar refractivity (Wildman–Crippen MR) is 77.2 cm³/mol. The molecule has 20 heavy (non-hydrogen) atoms. The van der Waals surface area contributed by atoms with Crippen LogP contribution in [-0.2, 0) is 6.42 Å². The lowest BCUT2D eigenvalue weighted by atomic mass is 10.1. The van der Waals surface area contributed by atoms with E-state index in [1.807, 2.05) is 19.2 Å². The molecule has 102 valence electrons. The first-order valence-corrected chi connectivity index (χ1v) is 7.01. The Kier molecular flexibility index (Phi) is 3.19. The van der Waals surface area contributed by atoms with E-state index in [0.29, 0.717) is 16.8 Å². The molecular weight excluding hydrogens is 274 g/mol. The van der Waals surface area contributed by atoms with Crippen LogP contribution in [0.5, 0.6) is 0 Å². The third-order valence-electron chi connectivity index (χ3n) is 2.96. The number of nitrogen functional groups attached to an aromatic ring is 1. The van der Waals surface area contributed by atoms with Gasteiger partial charge in [-0.3, -0.25) is 4.98 Å². The molecule has 0 bridgehead atoms. The van der Waals surface area contributed by atoms with Crippen LogP contribution in [0, 0.1) is 6.92 Å². The molecule has 0 radical (unpaired) electrons. The summed E-state index contributed by atoms with van der Waals surface area (Å²) >= 11 is 1.34. The number of thiazole rings is 1. The van der Waals surface area contributed by atoms with E-state index in [9.17, 15) is 0 Å². The second-order valence-electron chi connectivity index (χ2n) is 4.28. The SMILES string of the molecule is CCc1cnccc1-c1noc(-c2sc(N)nc2C)n1. The summed E-state index contributed by atoms with van der Waals surface area (Å²) < 4.78 is 5.33. The molecule has 3 rings (SSSR count). The van der Waals surface area contributed by atoms with Crippen molar-refractivity contribution in [1.29, 1.82) is 0 Å². The van der Waals surface area contributed by atoms with Crippen molar-refractivity contribution in [2.45, 2.75) is 20.3 Å². The Morgan fingerprint density at radius 1 is 1.35 bits per heavy atom. The van der Waals surface area contributed by atoms with Crippen LogP contribution in [0.4, 0.5) is 5.13 Å². The molecule has 0 aliphatic rings. The van der Waals surface area contributed by atoms with Gasteiger partial charge in [-0.05, 0) is 25.0 Å². The largest absolute Gasteiger partial charge is 0.375 e. The minimum absolute atomic E-state index is 0.450. The fourth-order valence-electron chi connectivity index (χ4n) is 1.97. The van der Waals surface area contributed by atoms with E-state index in [4.69, 9.17) is 10.3 Å². The van der Waals surface area contributed by atoms with Crippen molar-refractivity contribution in [3.05, 3.63) is 29.7 Å². The topological polar surface area (TPSA) is 90.7 Å². The molecule has 6 nitrogen and oxygen atoms in total. The van der Waals surface area contributed by atoms with Gasteiger partial charge in [0, 0.05) is 18.0 Å². The average molecular weight is 287 g/mol. The maximum Gasteiger partial charge on any atom is 0.270 e. The van der Waals surface area contributed by atoms with Gasteiger partial charge >= 0.3 is 0 Å². The molecule has 3 aromatic rings. The minimum atomic E-state index is 0.450. The molecule has 0 spiro atoms. The molecule has 7 heteroatoms. The standard InChI is InChI=1S/C13H13N5OS/c1-3-8-6-15-5-4-9(8)11-17-12(19-18-11)10-7(2)16-13(14)20-10/h4-6H,3H2,1-2H3,(H2,14,16). The van der Waals surface area contributed by atoms with Crippen molar-refractivity contribution in [2.24, 2.45) is 0 Å². The van der Waals surface area contributed by atoms with Gasteiger partial charge in [-0.15, -0.1) is 0 Å². The fourth-order valence-corrected chi connectivity index (χ4v) is 2.72. The Hall–Kier alpha value is -2.28. The zero-order valence-electron chi connectivity index (χ0n) is 11.1. The summed E-state index contributed by atoms with van der Waals surface area (Å²) in [6, 6.07) is 1.89. The van der Waals surface area contributed by atoms with Crippen LogP contribution in [0.2, 0.25) is 0 Å². The Labute approximate surface area is 119 Å². The lowest BCUT2D eigenvalue weighted by Gasteiger charge is -2.00. The van der Waals surface area contributed by atoms with E-state index in [-0.39, 0.29) is 0 Å². The number of rotatable bonds is 3. The minimum Gasteiger partial charge on any atom is -0.375 e. The van der Waals surface area contributed by atoms with Crippen LogP contribution in [0.1, 0.15) is 18.2 Å². The van der Waals surface area contributed by atoms with Crippen molar-refractivity contribution in [2.75, 3.05) is 5.73 Å². The van der Waals surface area contributed by atoms with Crippen LogP contribution >= 0.6 is 11.3 Å². The molecule has 0 fully saturated rings. The molecular formula is C13H13N5OS. The highest BCUT2D eigenvalue weighted by atomic mass is 32.1. The van der Waals surface area contributed by atoms with Crippen molar-refractivity contribution < 1.29 is 4.52 Å². The number of aromatic nitrogens is 4. The van der Waals surface area contributed by atoms with Gasteiger partial charge in [-0.2, -0.15) is 4.98 Å².